The number of nitrogens with zero attached hydrogens (tertiary/aromatic N) is 1. The first kappa shape index (κ1) is 16.4. The van der Waals surface area contributed by atoms with Gasteiger partial charge in [0.1, 0.15) is 5.82 Å². The average molecular weight is 362 g/mol. The van der Waals surface area contributed by atoms with Gasteiger partial charge in [-0.2, -0.15) is 0 Å². The van der Waals surface area contributed by atoms with Gasteiger partial charge in [-0.1, -0.05) is 52.3 Å². The summed E-state index contributed by atoms with van der Waals surface area (Å²) in [4.78, 5) is 14.0. The van der Waals surface area contributed by atoms with Crippen LogP contribution in [0.2, 0.25) is 0 Å². The van der Waals surface area contributed by atoms with E-state index in [1.54, 1.807) is 23.1 Å². The maximum atomic E-state index is 13.9. The molecule has 0 bridgehead atoms. The van der Waals surface area contributed by atoms with Crippen molar-refractivity contribution in [2.24, 2.45) is 0 Å². The molecule has 0 atom stereocenters. The summed E-state index contributed by atoms with van der Waals surface area (Å²) >= 11 is 3.33. The van der Waals surface area contributed by atoms with Crippen molar-refractivity contribution in [2.75, 3.05) is 6.54 Å². The van der Waals surface area contributed by atoms with Gasteiger partial charge in [0.15, 0.2) is 0 Å². The van der Waals surface area contributed by atoms with Crippen LogP contribution in [0.1, 0.15) is 11.1 Å². The predicted molar refractivity (Wildman–Crippen MR) is 89.9 cm³/mol. The summed E-state index contributed by atoms with van der Waals surface area (Å²) in [6, 6.07) is 14.2. The number of carbonyl (C=O) groups excluding carboxylic acids is 1. The van der Waals surface area contributed by atoms with Gasteiger partial charge in [-0.05, 0) is 23.8 Å². The quantitative estimate of drug-likeness (QED) is 0.700. The summed E-state index contributed by atoms with van der Waals surface area (Å²) in [5.74, 6) is -0.366. The minimum Gasteiger partial charge on any atom is -0.334 e. The zero-order valence-corrected chi connectivity index (χ0v) is 13.7. The minimum absolute atomic E-state index is 0.0505. The summed E-state index contributed by atoms with van der Waals surface area (Å²) in [6.07, 6.45) is 1.95. The first-order chi connectivity index (χ1) is 10.6. The molecule has 4 heteroatoms. The van der Waals surface area contributed by atoms with Crippen LogP contribution < -0.4 is 0 Å². The smallest absolute Gasteiger partial charge is 0.227 e. The Kier molecular flexibility index (Phi) is 5.90. The van der Waals surface area contributed by atoms with Gasteiger partial charge in [0.25, 0.3) is 0 Å². The van der Waals surface area contributed by atoms with Gasteiger partial charge in [0.05, 0.1) is 6.42 Å². The molecule has 0 saturated carbocycles. The largest absolute Gasteiger partial charge is 0.334 e. The fourth-order valence-electron chi connectivity index (χ4n) is 2.16. The van der Waals surface area contributed by atoms with Crippen molar-refractivity contribution < 1.29 is 9.18 Å². The van der Waals surface area contributed by atoms with Crippen LogP contribution in [0.25, 0.3) is 0 Å². The first-order valence-corrected chi connectivity index (χ1v) is 7.76. The summed E-state index contributed by atoms with van der Waals surface area (Å²) in [7, 11) is 0. The summed E-state index contributed by atoms with van der Waals surface area (Å²) in [5.41, 5.74) is 1.42. The molecule has 0 radical (unpaired) electrons. The minimum atomic E-state index is -0.315. The Balaban J connectivity index is 2.13. The van der Waals surface area contributed by atoms with Crippen molar-refractivity contribution >= 4 is 21.8 Å². The Labute approximate surface area is 138 Å². The Hall–Kier alpha value is -1.94. The lowest BCUT2D eigenvalue weighted by atomic mass is 10.1. The van der Waals surface area contributed by atoms with Gasteiger partial charge in [0.2, 0.25) is 5.91 Å². The number of hydrogen-bond acceptors (Lipinski definition) is 1. The monoisotopic (exact) mass is 361 g/mol. The van der Waals surface area contributed by atoms with E-state index in [-0.39, 0.29) is 18.3 Å². The van der Waals surface area contributed by atoms with Crippen LogP contribution in [0, 0.1) is 5.82 Å². The Morgan fingerprint density at radius 2 is 1.95 bits per heavy atom. The molecule has 0 heterocycles. The zero-order valence-electron chi connectivity index (χ0n) is 12.1. The van der Waals surface area contributed by atoms with E-state index in [9.17, 15) is 9.18 Å². The molecular weight excluding hydrogens is 345 g/mol. The summed E-state index contributed by atoms with van der Waals surface area (Å²) in [6.45, 7) is 4.29. The second kappa shape index (κ2) is 7.90. The molecule has 2 aromatic carbocycles. The lowest BCUT2D eigenvalue weighted by Gasteiger charge is -2.22. The third-order valence-electron chi connectivity index (χ3n) is 3.27. The van der Waals surface area contributed by atoms with Crippen LogP contribution in [-0.2, 0) is 17.8 Å². The van der Waals surface area contributed by atoms with Gasteiger partial charge in [-0.3, -0.25) is 4.79 Å². The highest BCUT2D eigenvalue weighted by Gasteiger charge is 2.15. The van der Waals surface area contributed by atoms with Crippen LogP contribution in [-0.4, -0.2) is 17.4 Å². The summed E-state index contributed by atoms with van der Waals surface area (Å²) < 4.78 is 14.7. The third-order valence-corrected chi connectivity index (χ3v) is 3.76. The van der Waals surface area contributed by atoms with Crippen LogP contribution in [0.15, 0.2) is 65.7 Å². The first-order valence-electron chi connectivity index (χ1n) is 6.96. The molecule has 2 aromatic rings. The van der Waals surface area contributed by atoms with Crippen molar-refractivity contribution in [3.63, 3.8) is 0 Å². The molecule has 0 saturated heterocycles. The Morgan fingerprint density at radius 3 is 2.64 bits per heavy atom. The molecule has 0 fully saturated rings. The molecule has 0 spiro atoms. The highest BCUT2D eigenvalue weighted by atomic mass is 79.9. The molecule has 1 amide bonds. The zero-order chi connectivity index (χ0) is 15.9. The molecule has 0 unspecified atom stereocenters. The van der Waals surface area contributed by atoms with E-state index in [0.717, 1.165) is 10.0 Å². The maximum absolute atomic E-state index is 13.9. The van der Waals surface area contributed by atoms with Crippen LogP contribution in [0.5, 0.6) is 0 Å². The van der Waals surface area contributed by atoms with E-state index >= 15 is 0 Å². The van der Waals surface area contributed by atoms with Crippen LogP contribution in [0.3, 0.4) is 0 Å². The molecule has 0 aliphatic heterocycles. The lowest BCUT2D eigenvalue weighted by Crippen LogP contribution is -2.32. The fraction of sp³-hybridized carbons (Fsp3) is 0.167. The average Bonchev–Trinajstić information content (AvgIpc) is 2.51. The van der Waals surface area contributed by atoms with Crippen LogP contribution >= 0.6 is 15.9 Å². The fourth-order valence-corrected chi connectivity index (χ4v) is 2.57. The van der Waals surface area contributed by atoms with Crippen molar-refractivity contribution in [3.8, 4) is 0 Å². The van der Waals surface area contributed by atoms with E-state index < -0.39 is 0 Å². The third kappa shape index (κ3) is 4.53. The molecule has 0 aliphatic carbocycles. The van der Waals surface area contributed by atoms with Gasteiger partial charge in [0, 0.05) is 23.1 Å². The molecule has 114 valence electrons. The van der Waals surface area contributed by atoms with Crippen molar-refractivity contribution in [1.82, 2.24) is 4.90 Å². The highest BCUT2D eigenvalue weighted by molar-refractivity contribution is 9.10. The molecular formula is C18H17BrFNO. The number of halogens is 2. The van der Waals surface area contributed by atoms with E-state index in [1.165, 1.54) is 6.07 Å². The van der Waals surface area contributed by atoms with Gasteiger partial charge < -0.3 is 4.90 Å². The van der Waals surface area contributed by atoms with Crippen molar-refractivity contribution in [1.29, 1.82) is 0 Å². The number of amides is 1. The lowest BCUT2D eigenvalue weighted by molar-refractivity contribution is -0.130. The van der Waals surface area contributed by atoms with Gasteiger partial charge in [-0.15, -0.1) is 6.58 Å². The normalized spacial score (nSPS) is 10.3. The molecule has 2 nitrogen and oxygen atoms in total. The SMILES string of the molecule is C=CCN(Cc1cc(Br)ccc1F)C(=O)Cc1ccccc1. The summed E-state index contributed by atoms with van der Waals surface area (Å²) in [5, 5.41) is 0. The predicted octanol–water partition coefficient (Wildman–Crippen LogP) is 4.35. The van der Waals surface area contributed by atoms with Gasteiger partial charge >= 0.3 is 0 Å². The van der Waals surface area contributed by atoms with Crippen LogP contribution in [0.4, 0.5) is 4.39 Å². The number of rotatable bonds is 6. The van der Waals surface area contributed by atoms with E-state index in [2.05, 4.69) is 22.5 Å². The van der Waals surface area contributed by atoms with Gasteiger partial charge in [-0.25, -0.2) is 4.39 Å². The number of hydrogen-bond donors (Lipinski definition) is 0. The molecule has 0 aromatic heterocycles. The topological polar surface area (TPSA) is 20.3 Å². The van der Waals surface area contributed by atoms with E-state index in [0.29, 0.717) is 18.5 Å². The second-order valence-electron chi connectivity index (χ2n) is 4.96. The Bertz CT molecular complexity index is 657. The van der Waals surface area contributed by atoms with Crippen molar-refractivity contribution in [2.45, 2.75) is 13.0 Å². The Morgan fingerprint density at radius 1 is 1.23 bits per heavy atom. The molecule has 2 rings (SSSR count). The molecule has 0 N–H and O–H groups in total. The maximum Gasteiger partial charge on any atom is 0.227 e. The standard InChI is InChI=1S/C18H17BrFNO/c1-2-10-21(13-15-12-16(19)8-9-17(15)20)18(22)11-14-6-4-3-5-7-14/h2-9,12H,1,10-11,13H2. The van der Waals surface area contributed by atoms with E-state index in [1.807, 2.05) is 30.3 Å². The second-order valence-corrected chi connectivity index (χ2v) is 5.88. The highest BCUT2D eigenvalue weighted by Crippen LogP contribution is 2.18. The number of benzene rings is 2. The number of carbonyl (C=O) groups is 1. The van der Waals surface area contributed by atoms with E-state index in [4.69, 9.17) is 0 Å². The van der Waals surface area contributed by atoms with Crippen molar-refractivity contribution in [3.05, 3.63) is 82.6 Å². The molecule has 22 heavy (non-hydrogen) atoms. The molecule has 0 aliphatic rings.